The molecule has 0 N–H and O–H groups in total. The number of sulfonamides is 1. The molecule has 0 unspecified atom stereocenters. The molecular weight excluding hydrogens is 372 g/mol. The molecule has 0 radical (unpaired) electrons. The van der Waals surface area contributed by atoms with Crippen molar-refractivity contribution >= 4 is 27.6 Å². The molecule has 1 fully saturated rings. The molecule has 0 bridgehead atoms. The fraction of sp³-hybridized carbons (Fsp3) is 0.500. The van der Waals surface area contributed by atoms with Gasteiger partial charge in [-0.1, -0.05) is 29.5 Å². The molecule has 1 aromatic heterocycles. The lowest BCUT2D eigenvalue weighted by atomic mass is 10.1. The van der Waals surface area contributed by atoms with Crippen LogP contribution in [0.1, 0.15) is 24.8 Å². The molecule has 1 aliphatic rings. The van der Waals surface area contributed by atoms with E-state index in [0.29, 0.717) is 16.7 Å². The van der Waals surface area contributed by atoms with E-state index in [1.807, 2.05) is 6.92 Å². The van der Waals surface area contributed by atoms with Crippen molar-refractivity contribution in [3.05, 3.63) is 29.8 Å². The van der Waals surface area contributed by atoms with Crippen molar-refractivity contribution in [3.8, 4) is 0 Å². The number of aryl methyl sites for hydroxylation is 2. The molecule has 0 atom stereocenters. The van der Waals surface area contributed by atoms with Gasteiger partial charge in [0.25, 0.3) is 10.0 Å². The van der Waals surface area contributed by atoms with Gasteiger partial charge in [0.1, 0.15) is 5.84 Å². The van der Waals surface area contributed by atoms with Crippen LogP contribution in [0.15, 0.2) is 38.7 Å². The van der Waals surface area contributed by atoms with Gasteiger partial charge in [-0.15, -0.1) is 9.50 Å². The number of aromatic nitrogens is 4. The lowest BCUT2D eigenvalue weighted by Gasteiger charge is -2.29. The highest BCUT2D eigenvalue weighted by molar-refractivity contribution is 7.99. The first kappa shape index (κ1) is 18.8. The molecule has 1 saturated heterocycles. The smallest absolute Gasteiger partial charge is 0.283 e. The Bertz CT molecular complexity index is 870. The Labute approximate surface area is 157 Å². The molecular formula is C16H22N6O2S2. The van der Waals surface area contributed by atoms with Gasteiger partial charge in [0, 0.05) is 20.1 Å². The maximum absolute atomic E-state index is 12.8. The monoisotopic (exact) mass is 394 g/mol. The van der Waals surface area contributed by atoms with Crippen LogP contribution in [0.25, 0.3) is 0 Å². The molecule has 1 aliphatic heterocycles. The Morgan fingerprint density at radius 3 is 2.50 bits per heavy atom. The Kier molecular flexibility index (Phi) is 5.92. The SMILES string of the molecule is Cc1ccc(S(=O)(=O)/N=C(\CSc2nnnn2C)N2CCCCC2)cc1. The first-order valence-electron chi connectivity index (χ1n) is 8.46. The normalized spacial score (nSPS) is 16.1. The van der Waals surface area contributed by atoms with Gasteiger partial charge in [-0.05, 0) is 48.7 Å². The fourth-order valence-electron chi connectivity index (χ4n) is 2.70. The van der Waals surface area contributed by atoms with Crippen LogP contribution in [-0.2, 0) is 17.1 Å². The average Bonchev–Trinajstić information content (AvgIpc) is 3.04. The first-order valence-corrected chi connectivity index (χ1v) is 10.9. The van der Waals surface area contributed by atoms with Crippen LogP contribution in [0.2, 0.25) is 0 Å². The number of likely N-dealkylation sites (tertiary alicyclic amines) is 1. The lowest BCUT2D eigenvalue weighted by molar-refractivity contribution is 0.341. The number of nitrogens with zero attached hydrogens (tertiary/aromatic N) is 6. The minimum atomic E-state index is -3.75. The van der Waals surface area contributed by atoms with E-state index in [-0.39, 0.29) is 4.90 Å². The predicted molar refractivity (Wildman–Crippen MR) is 101 cm³/mol. The van der Waals surface area contributed by atoms with E-state index in [0.717, 1.165) is 37.9 Å². The van der Waals surface area contributed by atoms with Crippen LogP contribution in [0.5, 0.6) is 0 Å². The molecule has 0 amide bonds. The van der Waals surface area contributed by atoms with Crippen LogP contribution in [0.4, 0.5) is 0 Å². The number of thioether (sulfide) groups is 1. The molecule has 26 heavy (non-hydrogen) atoms. The zero-order valence-corrected chi connectivity index (χ0v) is 16.5. The van der Waals surface area contributed by atoms with E-state index in [2.05, 4.69) is 24.8 Å². The second kappa shape index (κ2) is 8.17. The second-order valence-corrected chi connectivity index (χ2v) is 8.76. The molecule has 0 saturated carbocycles. The summed E-state index contributed by atoms with van der Waals surface area (Å²) in [5.41, 5.74) is 1.01. The van der Waals surface area contributed by atoms with Crippen LogP contribution in [-0.4, -0.2) is 58.2 Å². The Balaban J connectivity index is 1.86. The predicted octanol–water partition coefficient (Wildman–Crippen LogP) is 1.88. The third-order valence-corrected chi connectivity index (χ3v) is 6.50. The maximum atomic E-state index is 12.8. The molecule has 8 nitrogen and oxygen atoms in total. The molecule has 0 spiro atoms. The summed E-state index contributed by atoms with van der Waals surface area (Å²) < 4.78 is 31.3. The number of rotatable bonds is 5. The van der Waals surface area contributed by atoms with Crippen molar-refractivity contribution in [1.29, 1.82) is 0 Å². The van der Waals surface area contributed by atoms with Gasteiger partial charge in [-0.25, -0.2) is 4.68 Å². The molecule has 10 heteroatoms. The van der Waals surface area contributed by atoms with Gasteiger partial charge in [0.15, 0.2) is 0 Å². The molecule has 3 rings (SSSR count). The topological polar surface area (TPSA) is 93.3 Å². The second-order valence-electron chi connectivity index (χ2n) is 6.22. The molecule has 2 heterocycles. The highest BCUT2D eigenvalue weighted by atomic mass is 32.2. The molecule has 1 aromatic carbocycles. The van der Waals surface area contributed by atoms with Gasteiger partial charge in [0.05, 0.1) is 10.6 Å². The minimum absolute atomic E-state index is 0.211. The summed E-state index contributed by atoms with van der Waals surface area (Å²) in [4.78, 5) is 2.27. The summed E-state index contributed by atoms with van der Waals surface area (Å²) in [7, 11) is -2.00. The van der Waals surface area contributed by atoms with E-state index < -0.39 is 10.0 Å². The Hall–Kier alpha value is -1.94. The van der Waals surface area contributed by atoms with E-state index in [9.17, 15) is 8.42 Å². The number of hydrogen-bond donors (Lipinski definition) is 0. The van der Waals surface area contributed by atoms with Crippen LogP contribution in [0.3, 0.4) is 0 Å². The number of tetrazole rings is 1. The zero-order chi connectivity index (χ0) is 18.6. The number of piperidine rings is 1. The van der Waals surface area contributed by atoms with Crippen LogP contribution >= 0.6 is 11.8 Å². The standard InChI is InChI=1S/C16H22N6O2S2/c1-13-6-8-14(9-7-13)26(23,24)18-15(22-10-4-3-5-11-22)12-25-16-17-19-20-21(16)2/h6-9H,3-5,10-12H2,1-2H3/b18-15+. The van der Waals surface area contributed by atoms with Gasteiger partial charge >= 0.3 is 0 Å². The molecule has 0 aliphatic carbocycles. The van der Waals surface area contributed by atoms with Crippen molar-refractivity contribution in [2.75, 3.05) is 18.8 Å². The highest BCUT2D eigenvalue weighted by Crippen LogP contribution is 2.20. The number of benzene rings is 1. The number of hydrogen-bond acceptors (Lipinski definition) is 6. The van der Waals surface area contributed by atoms with Gasteiger partial charge < -0.3 is 4.90 Å². The summed E-state index contributed by atoms with van der Waals surface area (Å²) in [5, 5.41) is 12.0. The quantitative estimate of drug-likeness (QED) is 0.434. The van der Waals surface area contributed by atoms with Crippen LogP contribution in [0, 0.1) is 6.92 Å². The van der Waals surface area contributed by atoms with E-state index in [1.165, 1.54) is 11.8 Å². The fourth-order valence-corrected chi connectivity index (χ4v) is 4.65. The van der Waals surface area contributed by atoms with E-state index in [4.69, 9.17) is 0 Å². The van der Waals surface area contributed by atoms with Crippen LogP contribution < -0.4 is 0 Å². The van der Waals surface area contributed by atoms with Gasteiger partial charge in [-0.2, -0.15) is 8.42 Å². The zero-order valence-electron chi connectivity index (χ0n) is 14.9. The van der Waals surface area contributed by atoms with E-state index >= 15 is 0 Å². The third kappa shape index (κ3) is 4.61. The first-order chi connectivity index (χ1) is 12.5. The van der Waals surface area contributed by atoms with Crippen molar-refractivity contribution in [2.24, 2.45) is 11.4 Å². The maximum Gasteiger partial charge on any atom is 0.283 e. The van der Waals surface area contributed by atoms with Crippen molar-refractivity contribution in [1.82, 2.24) is 25.1 Å². The summed E-state index contributed by atoms with van der Waals surface area (Å²) >= 11 is 1.38. The molecule has 2 aromatic rings. The lowest BCUT2D eigenvalue weighted by Crippen LogP contribution is -2.37. The summed E-state index contributed by atoms with van der Waals surface area (Å²) in [6.45, 7) is 3.56. The minimum Gasteiger partial charge on any atom is -0.359 e. The third-order valence-electron chi connectivity index (χ3n) is 4.18. The van der Waals surface area contributed by atoms with Crippen molar-refractivity contribution < 1.29 is 8.42 Å². The van der Waals surface area contributed by atoms with E-state index in [1.54, 1.807) is 36.0 Å². The average molecular weight is 395 g/mol. The summed E-state index contributed by atoms with van der Waals surface area (Å²) in [5.74, 6) is 0.956. The molecule has 140 valence electrons. The van der Waals surface area contributed by atoms with Crippen molar-refractivity contribution in [3.63, 3.8) is 0 Å². The summed E-state index contributed by atoms with van der Waals surface area (Å²) in [6.07, 6.45) is 3.24. The Morgan fingerprint density at radius 1 is 1.19 bits per heavy atom. The van der Waals surface area contributed by atoms with Gasteiger partial charge in [0.2, 0.25) is 5.16 Å². The number of amidine groups is 1. The van der Waals surface area contributed by atoms with Crippen molar-refractivity contribution in [2.45, 2.75) is 36.2 Å². The summed E-state index contributed by atoms with van der Waals surface area (Å²) in [6, 6.07) is 6.76. The van der Waals surface area contributed by atoms with Gasteiger partial charge in [-0.3, -0.25) is 0 Å². The Morgan fingerprint density at radius 2 is 1.88 bits per heavy atom. The highest BCUT2D eigenvalue weighted by Gasteiger charge is 2.21. The largest absolute Gasteiger partial charge is 0.359 e.